The normalized spacial score (nSPS) is 14.6. The van der Waals surface area contributed by atoms with Gasteiger partial charge < -0.3 is 10.4 Å². The molecule has 29 heavy (non-hydrogen) atoms. The van der Waals surface area contributed by atoms with Gasteiger partial charge in [0.2, 0.25) is 5.91 Å². The maximum atomic E-state index is 13.7. The van der Waals surface area contributed by atoms with Gasteiger partial charge in [0, 0.05) is 5.75 Å². The van der Waals surface area contributed by atoms with Crippen molar-refractivity contribution >= 4 is 24.5 Å². The molecule has 0 fully saturated rings. The fraction of sp³-hybridized carbons (Fsp3) is 0.333. The van der Waals surface area contributed by atoms with Gasteiger partial charge in [0.1, 0.15) is 6.04 Å². The van der Waals surface area contributed by atoms with Gasteiger partial charge in [-0.15, -0.1) is 0 Å². The number of alkyl halides is 3. The maximum Gasteiger partial charge on any atom is 0.396 e. The van der Waals surface area contributed by atoms with E-state index < -0.39 is 35.9 Å². The molecule has 0 radical (unpaired) electrons. The molecule has 0 aromatic heterocycles. The molecule has 1 amide bonds. The van der Waals surface area contributed by atoms with Crippen LogP contribution in [0.15, 0.2) is 60.7 Å². The first-order valence-corrected chi connectivity index (χ1v) is 9.67. The number of amides is 1. The number of nitrogens with one attached hydrogen (secondary N) is 1. The van der Waals surface area contributed by atoms with E-state index in [9.17, 15) is 27.9 Å². The molecule has 3 atom stereocenters. The molecular weight excluding hydrogens is 403 g/mol. The smallest absolute Gasteiger partial charge is 0.396 e. The molecule has 156 valence electrons. The van der Waals surface area contributed by atoms with Crippen LogP contribution in [0.5, 0.6) is 0 Å². The minimum atomic E-state index is -4.69. The maximum absolute atomic E-state index is 13.7. The highest BCUT2D eigenvalue weighted by molar-refractivity contribution is 7.80. The van der Waals surface area contributed by atoms with E-state index in [2.05, 4.69) is 17.9 Å². The number of carbonyl (C=O) groups excluding carboxylic acids is 1. The molecule has 0 aliphatic heterocycles. The zero-order valence-corrected chi connectivity index (χ0v) is 16.4. The number of benzene rings is 2. The van der Waals surface area contributed by atoms with Crippen molar-refractivity contribution in [2.75, 3.05) is 5.75 Å². The van der Waals surface area contributed by atoms with E-state index in [0.29, 0.717) is 6.42 Å². The van der Waals surface area contributed by atoms with E-state index in [1.54, 1.807) is 18.2 Å². The molecule has 0 aliphatic rings. The summed E-state index contributed by atoms with van der Waals surface area (Å²) in [6, 6.07) is 14.8. The second kappa shape index (κ2) is 10.3. The molecule has 0 bridgehead atoms. The largest absolute Gasteiger partial charge is 0.480 e. The number of rotatable bonds is 9. The molecule has 4 nitrogen and oxygen atoms in total. The van der Waals surface area contributed by atoms with Gasteiger partial charge in [-0.25, -0.2) is 4.79 Å². The van der Waals surface area contributed by atoms with Crippen LogP contribution < -0.4 is 5.32 Å². The predicted octanol–water partition coefficient (Wildman–Crippen LogP) is 4.08. The van der Waals surface area contributed by atoms with Crippen molar-refractivity contribution in [1.82, 2.24) is 5.32 Å². The zero-order valence-electron chi connectivity index (χ0n) is 15.5. The Bertz CT molecular complexity index is 800. The summed E-state index contributed by atoms with van der Waals surface area (Å²) in [5.74, 6) is -6.29. The number of halogens is 3. The van der Waals surface area contributed by atoms with Gasteiger partial charge in [0.15, 0.2) is 0 Å². The number of hydrogen-bond donors (Lipinski definition) is 3. The van der Waals surface area contributed by atoms with Crippen LogP contribution in [0.4, 0.5) is 13.2 Å². The lowest BCUT2D eigenvalue weighted by Gasteiger charge is -2.28. The minimum absolute atomic E-state index is 0.0619. The van der Waals surface area contributed by atoms with Crippen LogP contribution in [-0.2, 0) is 16.0 Å². The lowest BCUT2D eigenvalue weighted by atomic mass is 9.85. The summed E-state index contributed by atoms with van der Waals surface area (Å²) in [4.78, 5) is 24.2. The van der Waals surface area contributed by atoms with Gasteiger partial charge in [-0.1, -0.05) is 60.7 Å². The highest BCUT2D eigenvalue weighted by Gasteiger charge is 2.48. The number of hydrogen-bond acceptors (Lipinski definition) is 3. The van der Waals surface area contributed by atoms with Gasteiger partial charge in [-0.2, -0.15) is 25.8 Å². The number of carbonyl (C=O) groups is 2. The Morgan fingerprint density at radius 2 is 1.55 bits per heavy atom. The van der Waals surface area contributed by atoms with E-state index in [1.165, 1.54) is 24.3 Å². The molecule has 2 N–H and O–H groups in total. The van der Waals surface area contributed by atoms with Crippen molar-refractivity contribution in [3.63, 3.8) is 0 Å². The van der Waals surface area contributed by atoms with Crippen molar-refractivity contribution in [3.05, 3.63) is 71.8 Å². The highest BCUT2D eigenvalue weighted by Crippen LogP contribution is 2.41. The Labute approximate surface area is 172 Å². The summed E-state index contributed by atoms with van der Waals surface area (Å²) in [7, 11) is 0. The molecule has 0 heterocycles. The van der Waals surface area contributed by atoms with Crippen molar-refractivity contribution in [2.45, 2.75) is 31.0 Å². The van der Waals surface area contributed by atoms with E-state index in [1.807, 2.05) is 18.2 Å². The van der Waals surface area contributed by atoms with Crippen molar-refractivity contribution in [1.29, 1.82) is 0 Å². The van der Waals surface area contributed by atoms with Gasteiger partial charge in [0.05, 0.1) is 11.8 Å². The minimum Gasteiger partial charge on any atom is -0.480 e. The number of aryl methyl sites for hydroxylation is 1. The molecule has 3 unspecified atom stereocenters. The fourth-order valence-corrected chi connectivity index (χ4v) is 3.52. The summed E-state index contributed by atoms with van der Waals surface area (Å²) in [5, 5.41) is 11.7. The van der Waals surface area contributed by atoms with E-state index in [0.717, 1.165) is 5.56 Å². The van der Waals surface area contributed by atoms with Crippen LogP contribution in [0.3, 0.4) is 0 Å². The molecule has 2 aromatic carbocycles. The third kappa shape index (κ3) is 6.52. The van der Waals surface area contributed by atoms with Crippen molar-refractivity contribution < 1.29 is 27.9 Å². The van der Waals surface area contributed by atoms with Gasteiger partial charge >= 0.3 is 12.1 Å². The standard InChI is InChI=1S/C21H22F3NO3S/c22-21(23,24)18(15-9-5-2-6-10-15)16(13-29)19(26)25-17(20(27)28)12-11-14-7-3-1-4-8-14/h1-10,16-18,29H,11-13H2,(H,25,26)(H,27,28). The van der Waals surface area contributed by atoms with Crippen LogP contribution >= 0.6 is 12.6 Å². The molecule has 0 spiro atoms. The molecule has 0 saturated heterocycles. The second-order valence-corrected chi connectivity index (χ2v) is 7.01. The van der Waals surface area contributed by atoms with E-state index in [-0.39, 0.29) is 17.7 Å². The fourth-order valence-electron chi connectivity index (χ4n) is 3.14. The number of carboxylic acid groups (broad SMARTS) is 1. The first-order chi connectivity index (χ1) is 13.7. The summed E-state index contributed by atoms with van der Waals surface area (Å²) in [6.45, 7) is 0. The Balaban J connectivity index is 2.17. The summed E-state index contributed by atoms with van der Waals surface area (Å²) >= 11 is 3.95. The number of carboxylic acids is 1. The number of thiol groups is 1. The van der Waals surface area contributed by atoms with Crippen LogP contribution in [0.25, 0.3) is 0 Å². The Morgan fingerprint density at radius 1 is 1.00 bits per heavy atom. The third-order valence-corrected chi connectivity index (χ3v) is 5.02. The Kier molecular flexibility index (Phi) is 8.13. The zero-order chi connectivity index (χ0) is 21.4. The summed E-state index contributed by atoms with van der Waals surface area (Å²) in [6.07, 6.45) is -4.26. The second-order valence-electron chi connectivity index (χ2n) is 6.64. The third-order valence-electron chi connectivity index (χ3n) is 4.63. The number of aliphatic carboxylic acids is 1. The molecule has 2 rings (SSSR count). The van der Waals surface area contributed by atoms with E-state index in [4.69, 9.17) is 0 Å². The quantitative estimate of drug-likeness (QED) is 0.531. The van der Waals surface area contributed by atoms with Crippen LogP contribution in [0, 0.1) is 5.92 Å². The monoisotopic (exact) mass is 425 g/mol. The SMILES string of the molecule is O=C(O)C(CCc1ccccc1)NC(=O)C(CS)C(c1ccccc1)C(F)(F)F. The van der Waals surface area contributed by atoms with E-state index >= 15 is 0 Å². The Hall–Kier alpha value is -2.48. The Morgan fingerprint density at radius 3 is 2.03 bits per heavy atom. The van der Waals surface area contributed by atoms with Crippen molar-refractivity contribution in [3.8, 4) is 0 Å². The topological polar surface area (TPSA) is 66.4 Å². The average molecular weight is 425 g/mol. The van der Waals surface area contributed by atoms with Crippen molar-refractivity contribution in [2.24, 2.45) is 5.92 Å². The average Bonchev–Trinajstić information content (AvgIpc) is 2.69. The highest BCUT2D eigenvalue weighted by atomic mass is 32.1. The summed E-state index contributed by atoms with van der Waals surface area (Å²) in [5.41, 5.74) is 0.807. The van der Waals surface area contributed by atoms with Gasteiger partial charge in [-0.3, -0.25) is 4.79 Å². The van der Waals surface area contributed by atoms with Gasteiger partial charge in [-0.05, 0) is 24.0 Å². The molecule has 0 saturated carbocycles. The van der Waals surface area contributed by atoms with Gasteiger partial charge in [0.25, 0.3) is 0 Å². The van der Waals surface area contributed by atoms with Crippen LogP contribution in [-0.4, -0.2) is 35.0 Å². The molecule has 2 aromatic rings. The predicted molar refractivity (Wildman–Crippen MR) is 107 cm³/mol. The lowest BCUT2D eigenvalue weighted by molar-refractivity contribution is -0.167. The van der Waals surface area contributed by atoms with Crippen LogP contribution in [0.2, 0.25) is 0 Å². The summed E-state index contributed by atoms with van der Waals surface area (Å²) < 4.78 is 41.2. The first-order valence-electron chi connectivity index (χ1n) is 9.03. The lowest BCUT2D eigenvalue weighted by Crippen LogP contribution is -2.47. The van der Waals surface area contributed by atoms with Crippen LogP contribution in [0.1, 0.15) is 23.5 Å². The first kappa shape index (κ1) is 22.8. The molecule has 8 heteroatoms. The molecular formula is C21H22F3NO3S. The molecule has 0 aliphatic carbocycles.